The van der Waals surface area contributed by atoms with Crippen molar-refractivity contribution in [1.29, 1.82) is 0 Å². The van der Waals surface area contributed by atoms with E-state index in [0.29, 0.717) is 30.6 Å². The van der Waals surface area contributed by atoms with Crippen LogP contribution in [0.3, 0.4) is 0 Å². The van der Waals surface area contributed by atoms with E-state index in [-0.39, 0.29) is 17.9 Å². The van der Waals surface area contributed by atoms with E-state index in [1.165, 1.54) is 0 Å². The highest BCUT2D eigenvalue weighted by molar-refractivity contribution is 6.30. The molecular formula is C24H29ClN6O2. The number of amides is 1. The highest BCUT2D eigenvalue weighted by Gasteiger charge is 2.27. The molecule has 8 nitrogen and oxygen atoms in total. The summed E-state index contributed by atoms with van der Waals surface area (Å²) in [6.45, 7) is 7.75. The Balaban J connectivity index is 1.56. The number of carbonyl (C=O) groups is 1. The highest BCUT2D eigenvalue weighted by Crippen LogP contribution is 2.34. The number of nitrogens with zero attached hydrogens (tertiary/aromatic N) is 5. The number of hydrogen-bond acceptors (Lipinski definition) is 6. The molecule has 5 rings (SSSR count). The Morgan fingerprint density at radius 1 is 1.21 bits per heavy atom. The van der Waals surface area contributed by atoms with Crippen LogP contribution in [-0.2, 0) is 9.53 Å². The van der Waals surface area contributed by atoms with Gasteiger partial charge in [-0.25, -0.2) is 15.0 Å². The largest absolute Gasteiger partial charge is 0.377 e. The summed E-state index contributed by atoms with van der Waals surface area (Å²) >= 11 is 6.34. The topological polar surface area (TPSA) is 87.2 Å². The molecule has 1 N–H and O–H groups in total. The first-order valence-corrected chi connectivity index (χ1v) is 12.1. The van der Waals surface area contributed by atoms with Crippen LogP contribution in [-0.4, -0.2) is 69.6 Å². The second-order valence-electron chi connectivity index (χ2n) is 8.83. The van der Waals surface area contributed by atoms with Crippen LogP contribution in [0.5, 0.6) is 0 Å². The standard InChI is InChI=1S/C24H29ClN6O2/c1-3-22(32)30-8-5-16(6-9-30)19-13-21(31-10-11-33-14-15(31)2)29-24(27-19)18-12-20(25)28-23-17(18)4-7-26-23/h4,7,12-13,15-16H,3,5-6,8-11,14H2,1-2H3,(H,26,28)/t15-/m1/s1. The second-order valence-corrected chi connectivity index (χ2v) is 9.22. The smallest absolute Gasteiger partial charge is 0.222 e. The van der Waals surface area contributed by atoms with Gasteiger partial charge in [-0.15, -0.1) is 0 Å². The predicted molar refractivity (Wildman–Crippen MR) is 129 cm³/mol. The van der Waals surface area contributed by atoms with Crippen LogP contribution < -0.4 is 4.90 Å². The van der Waals surface area contributed by atoms with E-state index in [4.69, 9.17) is 26.3 Å². The average molecular weight is 469 g/mol. The van der Waals surface area contributed by atoms with Crippen molar-refractivity contribution < 1.29 is 9.53 Å². The maximum absolute atomic E-state index is 12.1. The van der Waals surface area contributed by atoms with Gasteiger partial charge < -0.3 is 19.5 Å². The number of carbonyl (C=O) groups excluding carboxylic acids is 1. The first kappa shape index (κ1) is 22.1. The summed E-state index contributed by atoms with van der Waals surface area (Å²) in [5.74, 6) is 2.07. The zero-order valence-corrected chi connectivity index (χ0v) is 19.8. The lowest BCUT2D eigenvalue weighted by molar-refractivity contribution is -0.131. The summed E-state index contributed by atoms with van der Waals surface area (Å²) in [5.41, 5.74) is 2.61. The van der Waals surface area contributed by atoms with Crippen molar-refractivity contribution >= 4 is 34.4 Å². The molecule has 0 unspecified atom stereocenters. The predicted octanol–water partition coefficient (Wildman–Crippen LogP) is 4.01. The third kappa shape index (κ3) is 4.42. The van der Waals surface area contributed by atoms with Gasteiger partial charge in [0, 0.05) is 60.9 Å². The molecule has 33 heavy (non-hydrogen) atoms. The third-order valence-electron chi connectivity index (χ3n) is 6.70. The van der Waals surface area contributed by atoms with Gasteiger partial charge >= 0.3 is 0 Å². The molecule has 0 radical (unpaired) electrons. The molecule has 1 amide bonds. The summed E-state index contributed by atoms with van der Waals surface area (Å²) < 4.78 is 5.65. The number of ether oxygens (including phenoxy) is 1. The number of anilines is 1. The van der Waals surface area contributed by atoms with E-state index in [0.717, 1.165) is 60.6 Å². The lowest BCUT2D eigenvalue weighted by atomic mass is 9.92. The number of piperidine rings is 1. The number of likely N-dealkylation sites (tertiary alicyclic amines) is 1. The fourth-order valence-electron chi connectivity index (χ4n) is 4.84. The van der Waals surface area contributed by atoms with Crippen LogP contribution in [0.25, 0.3) is 22.4 Å². The molecule has 3 aromatic rings. The van der Waals surface area contributed by atoms with Gasteiger partial charge in [-0.1, -0.05) is 18.5 Å². The van der Waals surface area contributed by atoms with Crippen LogP contribution in [0, 0.1) is 0 Å². The van der Waals surface area contributed by atoms with Gasteiger partial charge in [-0.2, -0.15) is 0 Å². The molecule has 2 fully saturated rings. The lowest BCUT2D eigenvalue weighted by Crippen LogP contribution is -2.44. The Hall–Kier alpha value is -2.71. The highest BCUT2D eigenvalue weighted by atomic mass is 35.5. The lowest BCUT2D eigenvalue weighted by Gasteiger charge is -2.35. The molecule has 3 aromatic heterocycles. The minimum Gasteiger partial charge on any atom is -0.377 e. The second kappa shape index (κ2) is 9.27. The van der Waals surface area contributed by atoms with E-state index in [9.17, 15) is 4.79 Å². The van der Waals surface area contributed by atoms with Crippen molar-refractivity contribution in [3.8, 4) is 11.4 Å². The van der Waals surface area contributed by atoms with Crippen LogP contribution in [0.2, 0.25) is 5.15 Å². The summed E-state index contributed by atoms with van der Waals surface area (Å²) in [6.07, 6.45) is 4.21. The van der Waals surface area contributed by atoms with Crippen molar-refractivity contribution in [2.24, 2.45) is 0 Å². The van der Waals surface area contributed by atoms with Crippen molar-refractivity contribution in [2.75, 3.05) is 37.7 Å². The Morgan fingerprint density at radius 3 is 2.79 bits per heavy atom. The summed E-state index contributed by atoms with van der Waals surface area (Å²) in [6, 6.07) is 6.18. The molecule has 0 aromatic carbocycles. The molecule has 1 atom stereocenters. The van der Waals surface area contributed by atoms with Gasteiger partial charge in [-0.3, -0.25) is 4.79 Å². The molecule has 0 saturated carbocycles. The Bertz CT molecular complexity index is 1160. The van der Waals surface area contributed by atoms with E-state index in [1.807, 2.05) is 30.2 Å². The minimum atomic E-state index is 0.223. The molecule has 2 saturated heterocycles. The monoisotopic (exact) mass is 468 g/mol. The van der Waals surface area contributed by atoms with E-state index in [1.54, 1.807) is 0 Å². The van der Waals surface area contributed by atoms with Gasteiger partial charge in [0.05, 0.1) is 19.3 Å². The van der Waals surface area contributed by atoms with Crippen molar-refractivity contribution in [1.82, 2.24) is 24.8 Å². The number of aromatic nitrogens is 4. The van der Waals surface area contributed by atoms with E-state index < -0.39 is 0 Å². The normalized spacial score (nSPS) is 19.9. The van der Waals surface area contributed by atoms with Gasteiger partial charge in [-0.05, 0) is 31.9 Å². The van der Waals surface area contributed by atoms with Crippen molar-refractivity contribution in [2.45, 2.75) is 45.1 Å². The molecule has 2 aliphatic rings. The summed E-state index contributed by atoms with van der Waals surface area (Å²) in [4.78, 5) is 34.0. The summed E-state index contributed by atoms with van der Waals surface area (Å²) in [5, 5.41) is 1.35. The average Bonchev–Trinajstić information content (AvgIpc) is 3.31. The van der Waals surface area contributed by atoms with Crippen LogP contribution in [0.4, 0.5) is 5.82 Å². The summed E-state index contributed by atoms with van der Waals surface area (Å²) in [7, 11) is 0. The number of morpholine rings is 1. The van der Waals surface area contributed by atoms with E-state index >= 15 is 0 Å². The number of halogens is 1. The Kier molecular flexibility index (Phi) is 6.21. The fourth-order valence-corrected chi connectivity index (χ4v) is 5.03. The Labute approximate surface area is 198 Å². The number of aromatic amines is 1. The molecular weight excluding hydrogens is 440 g/mol. The number of hydrogen-bond donors (Lipinski definition) is 1. The molecule has 9 heteroatoms. The van der Waals surface area contributed by atoms with Crippen molar-refractivity contribution in [3.63, 3.8) is 0 Å². The van der Waals surface area contributed by atoms with Crippen molar-refractivity contribution in [3.05, 3.63) is 35.2 Å². The number of fused-ring (bicyclic) bond motifs is 1. The first-order chi connectivity index (χ1) is 16.0. The molecule has 0 bridgehead atoms. The number of pyridine rings is 1. The molecule has 0 spiro atoms. The zero-order valence-electron chi connectivity index (χ0n) is 19.1. The molecule has 0 aliphatic carbocycles. The number of nitrogens with one attached hydrogen (secondary N) is 1. The Morgan fingerprint density at radius 2 is 2.03 bits per heavy atom. The SMILES string of the molecule is CCC(=O)N1CCC(c2cc(N3CCOC[C@H]3C)nc(-c3cc(Cl)nc4[nH]ccc34)n2)CC1. The minimum absolute atomic E-state index is 0.223. The number of H-pyrrole nitrogens is 1. The fraction of sp³-hybridized carbons (Fsp3) is 0.500. The van der Waals surface area contributed by atoms with Gasteiger partial charge in [0.1, 0.15) is 16.6 Å². The molecule has 5 heterocycles. The third-order valence-corrected chi connectivity index (χ3v) is 6.89. The first-order valence-electron chi connectivity index (χ1n) is 11.7. The quantitative estimate of drug-likeness (QED) is 0.582. The number of rotatable bonds is 4. The van der Waals surface area contributed by atoms with Crippen LogP contribution >= 0.6 is 11.6 Å². The van der Waals surface area contributed by atoms with Gasteiger partial charge in [0.25, 0.3) is 0 Å². The maximum Gasteiger partial charge on any atom is 0.222 e. The maximum atomic E-state index is 12.1. The zero-order chi connectivity index (χ0) is 22.9. The van der Waals surface area contributed by atoms with Gasteiger partial charge in [0.15, 0.2) is 5.82 Å². The van der Waals surface area contributed by atoms with Crippen LogP contribution in [0.1, 0.15) is 44.7 Å². The molecule has 174 valence electrons. The van der Waals surface area contributed by atoms with Crippen LogP contribution in [0.15, 0.2) is 24.4 Å². The van der Waals surface area contributed by atoms with Gasteiger partial charge in [0.2, 0.25) is 5.91 Å². The molecule has 2 aliphatic heterocycles. The van der Waals surface area contributed by atoms with E-state index in [2.05, 4.69) is 27.9 Å².